The molecule has 0 aromatic heterocycles. The number of phenols is 1. The first-order valence-electron chi connectivity index (χ1n) is 14.6. The zero-order valence-corrected chi connectivity index (χ0v) is 26.4. The van der Waals surface area contributed by atoms with E-state index in [2.05, 4.69) is 5.32 Å². The zero-order chi connectivity index (χ0) is 32.0. The number of hydrogen-bond donors (Lipinski definition) is 4. The Morgan fingerprint density at radius 2 is 1.70 bits per heavy atom. The van der Waals surface area contributed by atoms with Gasteiger partial charge in [0.1, 0.15) is 11.8 Å². The number of rotatable bonds is 11. The lowest BCUT2D eigenvalue weighted by Crippen LogP contribution is -2.59. The maximum absolute atomic E-state index is 14.1. The monoisotopic (exact) mass is 619 g/mol. The fraction of sp³-hybridized carbons (Fsp3) is 0.382. The number of thioether (sulfide) groups is 1. The molecule has 1 fully saturated rings. The SMILES string of the molecule is Cc1ccccc1CN(CCO)C(=O)[C@H]1N(C(=O)[C@@H](O)[C@H](Cc2ccccc2)NC(=O)c2cccc(O)c2C)CSC1(C)C. The van der Waals surface area contributed by atoms with Crippen LogP contribution in [0.5, 0.6) is 5.75 Å². The maximum Gasteiger partial charge on any atom is 0.254 e. The molecule has 3 aromatic carbocycles. The van der Waals surface area contributed by atoms with Gasteiger partial charge in [-0.1, -0.05) is 60.7 Å². The van der Waals surface area contributed by atoms with Crippen LogP contribution in [0.1, 0.15) is 46.5 Å². The first kappa shape index (κ1) is 33.0. The predicted octanol–water partition coefficient (Wildman–Crippen LogP) is 3.41. The summed E-state index contributed by atoms with van der Waals surface area (Å²) in [5.41, 5.74) is 3.35. The summed E-state index contributed by atoms with van der Waals surface area (Å²) in [7, 11) is 0. The van der Waals surface area contributed by atoms with Crippen LogP contribution < -0.4 is 5.32 Å². The van der Waals surface area contributed by atoms with Gasteiger partial charge in [-0.2, -0.15) is 0 Å². The number of phenolic OH excluding ortho intramolecular Hbond substituents is 1. The minimum atomic E-state index is -1.66. The highest BCUT2D eigenvalue weighted by Crippen LogP contribution is 2.41. The fourth-order valence-electron chi connectivity index (χ4n) is 5.51. The highest BCUT2D eigenvalue weighted by atomic mass is 32.2. The Bertz CT molecular complexity index is 1480. The highest BCUT2D eigenvalue weighted by molar-refractivity contribution is 8.00. The van der Waals surface area contributed by atoms with Gasteiger partial charge < -0.3 is 30.4 Å². The van der Waals surface area contributed by atoms with Crippen molar-refractivity contribution < 1.29 is 29.7 Å². The van der Waals surface area contributed by atoms with Crippen molar-refractivity contribution in [2.45, 2.75) is 63.6 Å². The van der Waals surface area contributed by atoms with E-state index in [0.29, 0.717) is 5.56 Å². The smallest absolute Gasteiger partial charge is 0.254 e. The van der Waals surface area contributed by atoms with E-state index < -0.39 is 34.7 Å². The van der Waals surface area contributed by atoms with Crippen molar-refractivity contribution in [3.63, 3.8) is 0 Å². The first-order chi connectivity index (χ1) is 20.9. The molecule has 9 nitrogen and oxygen atoms in total. The predicted molar refractivity (Wildman–Crippen MR) is 171 cm³/mol. The number of hydrogen-bond acceptors (Lipinski definition) is 7. The number of benzene rings is 3. The standard InChI is InChI=1S/C34H41N3O6S/c1-22-11-8-9-14-25(22)20-36(17-18-38)33(43)30-34(3,4)44-21-37(30)32(42)29(40)27(19-24-12-6-5-7-13-24)35-31(41)26-15-10-16-28(39)23(26)2/h5-16,27,29-30,38-40H,17-21H2,1-4H3,(H,35,41)/t27-,29-,30+/m0/s1. The Morgan fingerprint density at radius 1 is 1.02 bits per heavy atom. The van der Waals surface area contributed by atoms with E-state index >= 15 is 0 Å². The average Bonchev–Trinajstić information content (AvgIpc) is 3.32. The number of aliphatic hydroxyl groups excluding tert-OH is 2. The molecule has 10 heteroatoms. The van der Waals surface area contributed by atoms with E-state index in [9.17, 15) is 29.7 Å². The van der Waals surface area contributed by atoms with Crippen LogP contribution in [0.25, 0.3) is 0 Å². The van der Waals surface area contributed by atoms with Gasteiger partial charge in [0.05, 0.1) is 18.5 Å². The topological polar surface area (TPSA) is 130 Å². The van der Waals surface area contributed by atoms with Crippen LogP contribution in [0.15, 0.2) is 72.8 Å². The van der Waals surface area contributed by atoms with Gasteiger partial charge in [0.15, 0.2) is 6.10 Å². The molecule has 1 aliphatic heterocycles. The normalized spacial score (nSPS) is 17.1. The summed E-state index contributed by atoms with van der Waals surface area (Å²) in [5.74, 6) is -1.40. The van der Waals surface area contributed by atoms with Crippen LogP contribution in [0, 0.1) is 13.8 Å². The molecule has 234 valence electrons. The quantitative estimate of drug-likeness (QED) is 0.259. The largest absolute Gasteiger partial charge is 0.508 e. The molecule has 0 saturated carbocycles. The second kappa shape index (κ2) is 14.3. The number of aromatic hydroxyl groups is 1. The van der Waals surface area contributed by atoms with E-state index in [1.54, 1.807) is 24.0 Å². The summed E-state index contributed by atoms with van der Waals surface area (Å²) in [6.45, 7) is 7.46. The van der Waals surface area contributed by atoms with Gasteiger partial charge in [-0.15, -0.1) is 11.8 Å². The summed E-state index contributed by atoms with van der Waals surface area (Å²) >= 11 is 1.43. The van der Waals surface area contributed by atoms with Crippen LogP contribution >= 0.6 is 11.8 Å². The van der Waals surface area contributed by atoms with Crippen molar-refractivity contribution in [1.29, 1.82) is 0 Å². The molecule has 1 saturated heterocycles. The fourth-order valence-corrected chi connectivity index (χ4v) is 6.64. The summed E-state index contributed by atoms with van der Waals surface area (Å²) < 4.78 is -0.678. The molecule has 4 rings (SSSR count). The van der Waals surface area contributed by atoms with Crippen LogP contribution in [-0.4, -0.2) is 84.8 Å². The third kappa shape index (κ3) is 7.43. The lowest BCUT2D eigenvalue weighted by molar-refractivity contribution is -0.151. The van der Waals surface area contributed by atoms with E-state index in [-0.39, 0.29) is 49.2 Å². The molecule has 44 heavy (non-hydrogen) atoms. The zero-order valence-electron chi connectivity index (χ0n) is 25.6. The Morgan fingerprint density at radius 3 is 2.39 bits per heavy atom. The van der Waals surface area contributed by atoms with Crippen molar-refractivity contribution >= 4 is 29.5 Å². The van der Waals surface area contributed by atoms with Crippen molar-refractivity contribution in [3.8, 4) is 5.75 Å². The number of nitrogens with zero attached hydrogens (tertiary/aromatic N) is 2. The molecule has 3 atom stereocenters. The molecule has 3 amide bonds. The highest BCUT2D eigenvalue weighted by Gasteiger charge is 2.51. The summed E-state index contributed by atoms with van der Waals surface area (Å²) in [6.07, 6.45) is -1.51. The van der Waals surface area contributed by atoms with E-state index in [1.807, 2.05) is 75.4 Å². The Balaban J connectivity index is 1.62. The number of aliphatic hydroxyl groups is 2. The second-order valence-electron chi connectivity index (χ2n) is 11.7. The van der Waals surface area contributed by atoms with Crippen LogP contribution in [0.2, 0.25) is 0 Å². The number of carbonyl (C=O) groups is 3. The van der Waals surface area contributed by atoms with Crippen molar-refractivity contribution in [1.82, 2.24) is 15.1 Å². The van der Waals surface area contributed by atoms with Crippen LogP contribution in [0.3, 0.4) is 0 Å². The van der Waals surface area contributed by atoms with E-state index in [4.69, 9.17) is 0 Å². The van der Waals surface area contributed by atoms with Gasteiger partial charge in [0.25, 0.3) is 11.8 Å². The number of nitrogens with one attached hydrogen (secondary N) is 1. The molecule has 0 unspecified atom stereocenters. The third-order valence-electron chi connectivity index (χ3n) is 8.17. The Labute approximate surface area is 262 Å². The molecule has 1 aliphatic rings. The van der Waals surface area contributed by atoms with Crippen LogP contribution in [0.4, 0.5) is 0 Å². The lowest BCUT2D eigenvalue weighted by Gasteiger charge is -2.36. The molecule has 0 bridgehead atoms. The molecule has 0 aliphatic carbocycles. The van der Waals surface area contributed by atoms with Crippen molar-refractivity contribution in [3.05, 3.63) is 101 Å². The number of amides is 3. The summed E-state index contributed by atoms with van der Waals surface area (Å²) in [5, 5.41) is 34.3. The summed E-state index contributed by atoms with van der Waals surface area (Å²) in [6, 6.07) is 19.6. The van der Waals surface area contributed by atoms with Crippen LogP contribution in [-0.2, 0) is 22.6 Å². The van der Waals surface area contributed by atoms with E-state index in [0.717, 1.165) is 16.7 Å². The number of aryl methyl sites for hydroxylation is 1. The molecular formula is C34H41N3O6S. The average molecular weight is 620 g/mol. The number of carbonyl (C=O) groups excluding carboxylic acids is 3. The first-order valence-corrected chi connectivity index (χ1v) is 15.6. The van der Waals surface area contributed by atoms with Gasteiger partial charge in [-0.3, -0.25) is 14.4 Å². The summed E-state index contributed by atoms with van der Waals surface area (Å²) in [4.78, 5) is 44.5. The molecule has 0 radical (unpaired) electrons. The van der Waals surface area contributed by atoms with Gasteiger partial charge in [0, 0.05) is 29.0 Å². The van der Waals surface area contributed by atoms with Gasteiger partial charge in [-0.25, -0.2) is 0 Å². The van der Waals surface area contributed by atoms with Gasteiger partial charge >= 0.3 is 0 Å². The maximum atomic E-state index is 14.1. The minimum absolute atomic E-state index is 0.0373. The van der Waals surface area contributed by atoms with Gasteiger partial charge in [-0.05, 0) is 62.9 Å². The lowest BCUT2D eigenvalue weighted by atomic mass is 9.96. The van der Waals surface area contributed by atoms with Gasteiger partial charge in [0.2, 0.25) is 5.91 Å². The van der Waals surface area contributed by atoms with Crippen molar-refractivity contribution in [2.75, 3.05) is 19.0 Å². The minimum Gasteiger partial charge on any atom is -0.508 e. The van der Waals surface area contributed by atoms with E-state index in [1.165, 1.54) is 22.7 Å². The molecule has 4 N–H and O–H groups in total. The molecule has 1 heterocycles. The molecular weight excluding hydrogens is 578 g/mol. The second-order valence-corrected chi connectivity index (χ2v) is 13.3. The molecule has 0 spiro atoms. The Kier molecular flexibility index (Phi) is 10.7. The third-order valence-corrected chi connectivity index (χ3v) is 9.54. The Hall–Kier alpha value is -3.86. The van der Waals surface area contributed by atoms with Crippen molar-refractivity contribution in [2.24, 2.45) is 0 Å². The molecule has 3 aromatic rings.